The lowest BCUT2D eigenvalue weighted by molar-refractivity contribution is -0.131. The van der Waals surface area contributed by atoms with E-state index >= 15 is 0 Å². The lowest BCUT2D eigenvalue weighted by Crippen LogP contribution is -2.49. The highest BCUT2D eigenvalue weighted by molar-refractivity contribution is 7.14. The highest BCUT2D eigenvalue weighted by Gasteiger charge is 2.40. The molecular formula is C12H14N4O3S. The highest BCUT2D eigenvalue weighted by atomic mass is 32.1. The molecule has 0 spiro atoms. The predicted octanol–water partition coefficient (Wildman–Crippen LogP) is 0.455. The van der Waals surface area contributed by atoms with Crippen molar-refractivity contribution in [2.24, 2.45) is 0 Å². The zero-order valence-corrected chi connectivity index (χ0v) is 11.5. The molecule has 3 heterocycles. The monoisotopic (exact) mass is 294 g/mol. The summed E-state index contributed by atoms with van der Waals surface area (Å²) in [7, 11) is 0. The maximum absolute atomic E-state index is 12.3. The Morgan fingerprint density at radius 1 is 1.60 bits per heavy atom. The number of nitrogens with one attached hydrogen (secondary N) is 1. The molecule has 1 aromatic rings. The summed E-state index contributed by atoms with van der Waals surface area (Å²) in [4.78, 5) is 30.6. The number of hydrogen-bond acceptors (Lipinski definition) is 5. The van der Waals surface area contributed by atoms with E-state index < -0.39 is 5.97 Å². The van der Waals surface area contributed by atoms with Crippen molar-refractivity contribution in [1.29, 1.82) is 0 Å². The van der Waals surface area contributed by atoms with Gasteiger partial charge in [0, 0.05) is 31.1 Å². The summed E-state index contributed by atoms with van der Waals surface area (Å²) in [6, 6.07) is 0.178. The number of aliphatic carboxylic acids is 1. The van der Waals surface area contributed by atoms with Crippen LogP contribution in [0.25, 0.3) is 6.08 Å². The lowest BCUT2D eigenvalue weighted by atomic mass is 10.2. The van der Waals surface area contributed by atoms with Gasteiger partial charge in [-0.15, -0.1) is 11.3 Å². The number of fused-ring (bicyclic) bond motifs is 1. The number of aromatic nitrogens is 1. The fourth-order valence-electron chi connectivity index (χ4n) is 2.41. The first-order valence-electron chi connectivity index (χ1n) is 6.30. The van der Waals surface area contributed by atoms with E-state index in [1.807, 2.05) is 4.90 Å². The number of nitrogens with zero attached hydrogens (tertiary/aromatic N) is 3. The fraction of sp³-hybridized carbons (Fsp3) is 0.417. The first-order chi connectivity index (χ1) is 9.65. The van der Waals surface area contributed by atoms with E-state index in [0.29, 0.717) is 17.4 Å². The van der Waals surface area contributed by atoms with Gasteiger partial charge in [0.05, 0.1) is 18.3 Å². The van der Waals surface area contributed by atoms with Crippen molar-refractivity contribution >= 4 is 34.5 Å². The molecule has 0 aliphatic carbocycles. The first-order valence-corrected chi connectivity index (χ1v) is 7.18. The van der Waals surface area contributed by atoms with Crippen LogP contribution in [0.1, 0.15) is 5.69 Å². The van der Waals surface area contributed by atoms with Crippen molar-refractivity contribution in [3.8, 4) is 0 Å². The van der Waals surface area contributed by atoms with Crippen LogP contribution >= 0.6 is 11.3 Å². The van der Waals surface area contributed by atoms with Gasteiger partial charge < -0.3 is 15.3 Å². The average molecular weight is 294 g/mol. The molecule has 0 radical (unpaired) electrons. The maximum atomic E-state index is 12.3. The standard InChI is InChI=1S/C12H14N4O3S/c17-10(18)2-1-8-7-20-11(14-8)16-6-9-5-13-3-4-15(9)12(16)19/h1-2,7,9,13H,3-6H2,(H,17,18)/b2-1+/t9-/m0/s1. The first kappa shape index (κ1) is 13.1. The van der Waals surface area contributed by atoms with Crippen LogP contribution in [0.4, 0.5) is 9.93 Å². The minimum absolute atomic E-state index is 0.0142. The van der Waals surface area contributed by atoms with Gasteiger partial charge in [0.25, 0.3) is 0 Å². The third kappa shape index (κ3) is 2.39. The molecule has 0 unspecified atom stereocenters. The molecule has 7 nitrogen and oxygen atoms in total. The van der Waals surface area contributed by atoms with Gasteiger partial charge >= 0.3 is 12.0 Å². The van der Waals surface area contributed by atoms with Crippen LogP contribution in [0.3, 0.4) is 0 Å². The molecule has 3 rings (SSSR count). The number of rotatable bonds is 3. The molecule has 2 aliphatic heterocycles. The van der Waals surface area contributed by atoms with E-state index in [0.717, 1.165) is 25.7 Å². The van der Waals surface area contributed by atoms with Crippen LogP contribution in [0.2, 0.25) is 0 Å². The van der Waals surface area contributed by atoms with Gasteiger partial charge in [0.2, 0.25) is 0 Å². The SMILES string of the molecule is O=C(O)/C=C/c1csc(N2C[C@@H]3CNCCN3C2=O)n1. The van der Waals surface area contributed by atoms with Crippen LogP contribution < -0.4 is 10.2 Å². The van der Waals surface area contributed by atoms with Crippen LogP contribution in [0, 0.1) is 0 Å². The minimum atomic E-state index is -1.01. The number of carboxylic acids is 1. The van der Waals surface area contributed by atoms with Crippen molar-refractivity contribution in [3.63, 3.8) is 0 Å². The molecule has 20 heavy (non-hydrogen) atoms. The summed E-state index contributed by atoms with van der Waals surface area (Å²) in [6.07, 6.45) is 2.47. The van der Waals surface area contributed by atoms with E-state index in [-0.39, 0.29) is 12.1 Å². The van der Waals surface area contributed by atoms with Crippen LogP contribution in [0.15, 0.2) is 11.5 Å². The number of carboxylic acid groups (broad SMARTS) is 1. The third-order valence-corrected chi connectivity index (χ3v) is 4.24. The van der Waals surface area contributed by atoms with Crippen molar-refractivity contribution in [1.82, 2.24) is 15.2 Å². The van der Waals surface area contributed by atoms with Gasteiger partial charge in [-0.3, -0.25) is 4.90 Å². The van der Waals surface area contributed by atoms with E-state index in [2.05, 4.69) is 10.3 Å². The summed E-state index contributed by atoms with van der Waals surface area (Å²) in [5, 5.41) is 14.2. The average Bonchev–Trinajstić information content (AvgIpc) is 3.02. The van der Waals surface area contributed by atoms with Crippen LogP contribution in [0.5, 0.6) is 0 Å². The number of thiazole rings is 1. The van der Waals surface area contributed by atoms with E-state index in [1.165, 1.54) is 17.4 Å². The topological polar surface area (TPSA) is 85.8 Å². The summed E-state index contributed by atoms with van der Waals surface area (Å²) in [6.45, 7) is 2.97. The third-order valence-electron chi connectivity index (χ3n) is 3.36. The Morgan fingerprint density at radius 2 is 2.45 bits per heavy atom. The quantitative estimate of drug-likeness (QED) is 0.791. The second-order valence-electron chi connectivity index (χ2n) is 4.67. The van der Waals surface area contributed by atoms with Gasteiger partial charge in [-0.25, -0.2) is 14.6 Å². The van der Waals surface area contributed by atoms with Crippen LogP contribution in [-0.4, -0.2) is 59.2 Å². The molecule has 2 N–H and O–H groups in total. The van der Waals surface area contributed by atoms with Crippen molar-refractivity contribution < 1.29 is 14.7 Å². The summed E-state index contributed by atoms with van der Waals surface area (Å²) < 4.78 is 0. The van der Waals surface area contributed by atoms with Gasteiger partial charge in [-0.1, -0.05) is 0 Å². The molecule has 0 saturated carbocycles. The second kappa shape index (κ2) is 5.22. The maximum Gasteiger partial charge on any atom is 0.328 e. The molecule has 2 fully saturated rings. The Labute approximate surface area is 119 Å². The fourth-order valence-corrected chi connectivity index (χ4v) is 3.21. The van der Waals surface area contributed by atoms with E-state index in [9.17, 15) is 9.59 Å². The van der Waals surface area contributed by atoms with Crippen LogP contribution in [-0.2, 0) is 4.79 Å². The summed E-state index contributed by atoms with van der Waals surface area (Å²) in [5.41, 5.74) is 0.559. The number of carbonyl (C=O) groups excluding carboxylic acids is 1. The zero-order valence-electron chi connectivity index (χ0n) is 10.7. The number of urea groups is 1. The molecule has 0 bridgehead atoms. The van der Waals surface area contributed by atoms with Crippen molar-refractivity contribution in [2.75, 3.05) is 31.1 Å². The Hall–Kier alpha value is -1.93. The smallest absolute Gasteiger partial charge is 0.328 e. The van der Waals surface area contributed by atoms with Crippen molar-refractivity contribution in [2.45, 2.75) is 6.04 Å². The van der Waals surface area contributed by atoms with Gasteiger partial charge in [-0.05, 0) is 6.08 Å². The molecule has 1 aromatic heterocycles. The van der Waals surface area contributed by atoms with E-state index in [1.54, 1.807) is 10.3 Å². The Bertz CT molecular complexity index is 571. The Morgan fingerprint density at radius 3 is 3.20 bits per heavy atom. The Kier molecular flexibility index (Phi) is 3.41. The number of anilines is 1. The molecule has 106 valence electrons. The molecule has 8 heteroatoms. The molecule has 0 aromatic carbocycles. The molecular weight excluding hydrogens is 280 g/mol. The summed E-state index contributed by atoms with van der Waals surface area (Å²) in [5.74, 6) is -1.01. The predicted molar refractivity (Wildman–Crippen MR) is 74.9 cm³/mol. The van der Waals surface area contributed by atoms with Crippen molar-refractivity contribution in [3.05, 3.63) is 17.2 Å². The van der Waals surface area contributed by atoms with Gasteiger partial charge in [-0.2, -0.15) is 0 Å². The van der Waals surface area contributed by atoms with Gasteiger partial charge in [0.1, 0.15) is 0 Å². The minimum Gasteiger partial charge on any atom is -0.478 e. The molecule has 2 saturated heterocycles. The number of amides is 2. The normalized spacial score (nSPS) is 22.6. The Balaban J connectivity index is 1.76. The lowest BCUT2D eigenvalue weighted by Gasteiger charge is -2.28. The molecule has 1 atom stereocenters. The van der Waals surface area contributed by atoms with E-state index in [4.69, 9.17) is 5.11 Å². The molecule has 2 amide bonds. The second-order valence-corrected chi connectivity index (χ2v) is 5.51. The van der Waals surface area contributed by atoms with Gasteiger partial charge in [0.15, 0.2) is 5.13 Å². The number of piperazine rings is 1. The molecule has 2 aliphatic rings. The highest BCUT2D eigenvalue weighted by Crippen LogP contribution is 2.28. The summed E-state index contributed by atoms with van der Waals surface area (Å²) >= 11 is 1.35. The largest absolute Gasteiger partial charge is 0.478 e. The zero-order chi connectivity index (χ0) is 14.1. The number of carbonyl (C=O) groups is 2. The number of hydrogen-bond donors (Lipinski definition) is 2.